The van der Waals surface area contributed by atoms with E-state index in [1.54, 1.807) is 7.11 Å². The van der Waals surface area contributed by atoms with E-state index in [1.807, 2.05) is 0 Å². The van der Waals surface area contributed by atoms with E-state index in [0.29, 0.717) is 6.04 Å². The number of hydrogen-bond donors (Lipinski definition) is 1. The van der Waals surface area contributed by atoms with E-state index in [0.717, 1.165) is 18.7 Å². The van der Waals surface area contributed by atoms with Gasteiger partial charge in [0, 0.05) is 31.8 Å². The van der Waals surface area contributed by atoms with Gasteiger partial charge in [-0.05, 0) is 52.1 Å². The summed E-state index contributed by atoms with van der Waals surface area (Å²) in [5, 5.41) is 3.67. The van der Waals surface area contributed by atoms with E-state index in [9.17, 15) is 0 Å². The van der Waals surface area contributed by atoms with Gasteiger partial charge in [0.2, 0.25) is 0 Å². The van der Waals surface area contributed by atoms with Crippen molar-refractivity contribution in [2.45, 2.75) is 57.2 Å². The summed E-state index contributed by atoms with van der Waals surface area (Å²) < 4.78 is 5.19. The highest BCUT2D eigenvalue weighted by Crippen LogP contribution is 2.27. The van der Waals surface area contributed by atoms with Crippen LogP contribution in [0.15, 0.2) is 0 Å². The summed E-state index contributed by atoms with van der Waals surface area (Å²) in [5.41, 5.74) is 0. The minimum atomic E-state index is 0.676. The molecule has 0 radical (unpaired) electrons. The van der Waals surface area contributed by atoms with Gasteiger partial charge in [0.15, 0.2) is 0 Å². The Morgan fingerprint density at radius 1 is 1.38 bits per heavy atom. The lowest BCUT2D eigenvalue weighted by atomic mass is 10.0. The standard InChI is InChI=1S/C13H26N2O/c1-11(7-10-16-2)15-9-4-6-13(15)12-5-3-8-14-12/h11-14H,3-10H2,1-2H3. The van der Waals surface area contributed by atoms with Crippen LogP contribution in [0.5, 0.6) is 0 Å². The molecule has 0 aromatic carbocycles. The largest absolute Gasteiger partial charge is 0.385 e. The molecule has 3 nitrogen and oxygen atoms in total. The first-order valence-electron chi connectivity index (χ1n) is 6.81. The van der Waals surface area contributed by atoms with E-state index >= 15 is 0 Å². The van der Waals surface area contributed by atoms with Crippen LogP contribution in [0.3, 0.4) is 0 Å². The average molecular weight is 226 g/mol. The van der Waals surface area contributed by atoms with Crippen molar-refractivity contribution in [2.75, 3.05) is 26.8 Å². The molecule has 2 saturated heterocycles. The van der Waals surface area contributed by atoms with E-state index in [4.69, 9.17) is 4.74 Å². The molecule has 1 N–H and O–H groups in total. The predicted octanol–water partition coefficient (Wildman–Crippen LogP) is 1.63. The molecule has 0 spiro atoms. The lowest BCUT2D eigenvalue weighted by Crippen LogP contribution is -2.47. The maximum Gasteiger partial charge on any atom is 0.0477 e. The molecule has 2 heterocycles. The van der Waals surface area contributed by atoms with Crippen LogP contribution in [-0.4, -0.2) is 49.8 Å². The molecule has 3 atom stereocenters. The summed E-state index contributed by atoms with van der Waals surface area (Å²) in [6, 6.07) is 2.22. The van der Waals surface area contributed by atoms with Crippen molar-refractivity contribution in [3.05, 3.63) is 0 Å². The van der Waals surface area contributed by atoms with Gasteiger partial charge >= 0.3 is 0 Å². The first-order chi connectivity index (χ1) is 7.83. The summed E-state index contributed by atoms with van der Waals surface area (Å²) in [6.07, 6.45) is 6.66. The molecule has 0 amide bonds. The number of likely N-dealkylation sites (tertiary alicyclic amines) is 1. The van der Waals surface area contributed by atoms with Gasteiger partial charge < -0.3 is 10.1 Å². The Morgan fingerprint density at radius 2 is 2.25 bits per heavy atom. The minimum Gasteiger partial charge on any atom is -0.385 e. The molecule has 2 aliphatic rings. The normalized spacial score (nSPS) is 33.4. The minimum absolute atomic E-state index is 0.676. The second kappa shape index (κ2) is 5.99. The van der Waals surface area contributed by atoms with Gasteiger partial charge in [0.25, 0.3) is 0 Å². The molecule has 16 heavy (non-hydrogen) atoms. The molecule has 0 bridgehead atoms. The average Bonchev–Trinajstić information content (AvgIpc) is 2.94. The van der Waals surface area contributed by atoms with E-state index < -0.39 is 0 Å². The van der Waals surface area contributed by atoms with Gasteiger partial charge in [-0.2, -0.15) is 0 Å². The Labute approximate surface area is 99.5 Å². The molecular formula is C13H26N2O. The third kappa shape index (κ3) is 2.76. The molecular weight excluding hydrogens is 200 g/mol. The Kier molecular flexibility index (Phi) is 4.62. The second-order valence-corrected chi connectivity index (χ2v) is 5.28. The fourth-order valence-corrected chi connectivity index (χ4v) is 3.29. The third-order valence-corrected chi connectivity index (χ3v) is 4.21. The van der Waals surface area contributed by atoms with Gasteiger partial charge in [0.05, 0.1) is 0 Å². The molecule has 3 unspecified atom stereocenters. The van der Waals surface area contributed by atoms with Crippen molar-refractivity contribution in [2.24, 2.45) is 0 Å². The van der Waals surface area contributed by atoms with Crippen molar-refractivity contribution in [1.82, 2.24) is 10.2 Å². The summed E-state index contributed by atoms with van der Waals surface area (Å²) in [5.74, 6) is 0. The molecule has 0 aromatic heterocycles. The van der Waals surface area contributed by atoms with Crippen LogP contribution in [0.1, 0.15) is 39.0 Å². The van der Waals surface area contributed by atoms with E-state index in [2.05, 4.69) is 17.1 Å². The fraction of sp³-hybridized carbons (Fsp3) is 1.00. The van der Waals surface area contributed by atoms with Crippen molar-refractivity contribution < 1.29 is 4.74 Å². The Bertz CT molecular complexity index is 204. The van der Waals surface area contributed by atoms with Gasteiger partial charge in [-0.3, -0.25) is 4.90 Å². The van der Waals surface area contributed by atoms with Gasteiger partial charge in [0.1, 0.15) is 0 Å². The molecule has 2 rings (SSSR count). The quantitative estimate of drug-likeness (QED) is 0.771. The number of nitrogens with zero attached hydrogens (tertiary/aromatic N) is 1. The highest BCUT2D eigenvalue weighted by atomic mass is 16.5. The van der Waals surface area contributed by atoms with Crippen LogP contribution < -0.4 is 5.32 Å². The van der Waals surface area contributed by atoms with Crippen LogP contribution in [0.2, 0.25) is 0 Å². The Balaban J connectivity index is 1.86. The zero-order valence-corrected chi connectivity index (χ0v) is 10.7. The molecule has 0 saturated carbocycles. The topological polar surface area (TPSA) is 24.5 Å². The molecule has 2 aliphatic heterocycles. The predicted molar refractivity (Wildman–Crippen MR) is 66.7 cm³/mol. The zero-order chi connectivity index (χ0) is 11.4. The smallest absolute Gasteiger partial charge is 0.0477 e. The SMILES string of the molecule is COCCC(C)N1CCCC1C1CCCN1. The van der Waals surface area contributed by atoms with Crippen molar-refractivity contribution in [1.29, 1.82) is 0 Å². The van der Waals surface area contributed by atoms with Gasteiger partial charge in [-0.15, -0.1) is 0 Å². The monoisotopic (exact) mass is 226 g/mol. The Morgan fingerprint density at radius 3 is 2.94 bits per heavy atom. The van der Waals surface area contributed by atoms with Crippen LogP contribution in [-0.2, 0) is 4.74 Å². The van der Waals surface area contributed by atoms with Crippen LogP contribution >= 0.6 is 0 Å². The third-order valence-electron chi connectivity index (χ3n) is 4.21. The second-order valence-electron chi connectivity index (χ2n) is 5.28. The van der Waals surface area contributed by atoms with Gasteiger partial charge in [-0.25, -0.2) is 0 Å². The maximum atomic E-state index is 5.19. The lowest BCUT2D eigenvalue weighted by molar-refractivity contribution is 0.117. The van der Waals surface area contributed by atoms with Crippen LogP contribution in [0.25, 0.3) is 0 Å². The molecule has 94 valence electrons. The lowest BCUT2D eigenvalue weighted by Gasteiger charge is -2.34. The van der Waals surface area contributed by atoms with Crippen molar-refractivity contribution >= 4 is 0 Å². The molecule has 2 fully saturated rings. The summed E-state index contributed by atoms with van der Waals surface area (Å²) >= 11 is 0. The van der Waals surface area contributed by atoms with E-state index in [1.165, 1.54) is 45.2 Å². The van der Waals surface area contributed by atoms with Crippen LogP contribution in [0.4, 0.5) is 0 Å². The Hall–Kier alpha value is -0.120. The molecule has 3 heteroatoms. The highest BCUT2D eigenvalue weighted by molar-refractivity contribution is 4.93. The number of methoxy groups -OCH3 is 1. The van der Waals surface area contributed by atoms with Gasteiger partial charge in [-0.1, -0.05) is 0 Å². The summed E-state index contributed by atoms with van der Waals surface area (Å²) in [4.78, 5) is 2.71. The number of nitrogens with one attached hydrogen (secondary N) is 1. The van der Waals surface area contributed by atoms with Crippen molar-refractivity contribution in [3.8, 4) is 0 Å². The number of hydrogen-bond acceptors (Lipinski definition) is 3. The molecule has 0 aromatic rings. The first kappa shape index (κ1) is 12.3. The number of ether oxygens (including phenoxy) is 1. The molecule has 0 aliphatic carbocycles. The zero-order valence-electron chi connectivity index (χ0n) is 10.7. The van der Waals surface area contributed by atoms with Crippen LogP contribution in [0, 0.1) is 0 Å². The first-order valence-corrected chi connectivity index (χ1v) is 6.81. The maximum absolute atomic E-state index is 5.19. The highest BCUT2D eigenvalue weighted by Gasteiger charge is 2.35. The van der Waals surface area contributed by atoms with E-state index in [-0.39, 0.29) is 0 Å². The summed E-state index contributed by atoms with van der Waals surface area (Å²) in [6.45, 7) is 5.75. The summed E-state index contributed by atoms with van der Waals surface area (Å²) in [7, 11) is 1.80. The fourth-order valence-electron chi connectivity index (χ4n) is 3.29. The number of rotatable bonds is 5. The van der Waals surface area contributed by atoms with Crippen molar-refractivity contribution in [3.63, 3.8) is 0 Å².